The van der Waals surface area contributed by atoms with Crippen LogP contribution in [0.1, 0.15) is 33.3 Å². The molecule has 1 aliphatic heterocycles. The molecule has 5 heteroatoms. The Hall–Kier alpha value is -2.17. The van der Waals surface area contributed by atoms with Crippen LogP contribution in [-0.4, -0.2) is 18.5 Å². The molecule has 21 heavy (non-hydrogen) atoms. The molecule has 0 aliphatic carbocycles. The average Bonchev–Trinajstić information content (AvgIpc) is 2.81. The van der Waals surface area contributed by atoms with Gasteiger partial charge in [-0.05, 0) is 51.8 Å². The van der Waals surface area contributed by atoms with Crippen LogP contribution < -0.4 is 14.8 Å². The molecule has 0 bridgehead atoms. The Morgan fingerprint density at radius 2 is 2.05 bits per heavy atom. The van der Waals surface area contributed by atoms with E-state index in [2.05, 4.69) is 5.32 Å². The van der Waals surface area contributed by atoms with Crippen molar-refractivity contribution in [3.05, 3.63) is 35.5 Å². The minimum Gasteiger partial charge on any atom is -0.454 e. The molecule has 1 N–H and O–H groups in total. The molecule has 0 saturated carbocycles. The highest BCUT2D eigenvalue weighted by atomic mass is 16.7. The lowest BCUT2D eigenvalue weighted by Crippen LogP contribution is -2.31. The van der Waals surface area contributed by atoms with Gasteiger partial charge in [-0.3, -0.25) is 5.32 Å². The molecule has 0 spiro atoms. The number of allylic oxidation sites excluding steroid dienone is 2. The fourth-order valence-electron chi connectivity index (χ4n) is 1.85. The van der Waals surface area contributed by atoms with E-state index in [0.29, 0.717) is 6.42 Å². The van der Waals surface area contributed by atoms with Gasteiger partial charge in [0.15, 0.2) is 11.5 Å². The minimum absolute atomic E-state index is 0.272. The summed E-state index contributed by atoms with van der Waals surface area (Å²) >= 11 is 0. The second kappa shape index (κ2) is 6.08. The zero-order valence-electron chi connectivity index (χ0n) is 12.9. The van der Waals surface area contributed by atoms with Gasteiger partial charge >= 0.3 is 6.09 Å². The van der Waals surface area contributed by atoms with Gasteiger partial charge in [0, 0.05) is 5.70 Å². The summed E-state index contributed by atoms with van der Waals surface area (Å²) in [6.45, 7) is 7.60. The Bertz CT molecular complexity index is 558. The summed E-state index contributed by atoms with van der Waals surface area (Å²) < 4.78 is 15.8. The predicted octanol–water partition coefficient (Wildman–Crippen LogP) is 3.39. The first-order chi connectivity index (χ1) is 9.83. The molecule has 0 aromatic heterocycles. The van der Waals surface area contributed by atoms with E-state index < -0.39 is 11.7 Å². The molecular weight excluding hydrogens is 270 g/mol. The molecule has 0 saturated heterocycles. The van der Waals surface area contributed by atoms with Crippen LogP contribution in [0.4, 0.5) is 4.79 Å². The van der Waals surface area contributed by atoms with Crippen molar-refractivity contribution < 1.29 is 19.0 Å². The fourth-order valence-corrected chi connectivity index (χ4v) is 1.85. The number of alkyl carbamates (subject to hydrolysis) is 1. The molecule has 114 valence electrons. The minimum atomic E-state index is -0.498. The number of ether oxygens (including phenoxy) is 3. The van der Waals surface area contributed by atoms with Gasteiger partial charge in [0.25, 0.3) is 0 Å². The van der Waals surface area contributed by atoms with Gasteiger partial charge in [0.1, 0.15) is 5.60 Å². The Kier molecular flexibility index (Phi) is 4.40. The van der Waals surface area contributed by atoms with Crippen LogP contribution >= 0.6 is 0 Å². The predicted molar refractivity (Wildman–Crippen MR) is 79.4 cm³/mol. The number of carbonyl (C=O) groups is 1. The Balaban J connectivity index is 1.90. The molecule has 1 aromatic rings. The molecule has 1 amide bonds. The number of amides is 1. The second-order valence-corrected chi connectivity index (χ2v) is 5.91. The normalized spacial score (nSPS) is 14.0. The van der Waals surface area contributed by atoms with Crippen LogP contribution in [0, 0.1) is 0 Å². The van der Waals surface area contributed by atoms with Crippen LogP contribution in [0.15, 0.2) is 30.0 Å². The van der Waals surface area contributed by atoms with Gasteiger partial charge in [0.2, 0.25) is 6.79 Å². The summed E-state index contributed by atoms with van der Waals surface area (Å²) in [5.74, 6) is 1.53. The zero-order valence-corrected chi connectivity index (χ0v) is 12.9. The smallest absolute Gasteiger partial charge is 0.411 e. The zero-order chi connectivity index (χ0) is 15.5. The van der Waals surface area contributed by atoms with Crippen molar-refractivity contribution >= 4 is 6.09 Å². The van der Waals surface area contributed by atoms with E-state index >= 15 is 0 Å². The average molecular weight is 291 g/mol. The van der Waals surface area contributed by atoms with Gasteiger partial charge in [-0.1, -0.05) is 12.1 Å². The van der Waals surface area contributed by atoms with Crippen molar-refractivity contribution in [3.63, 3.8) is 0 Å². The third-order valence-electron chi connectivity index (χ3n) is 2.78. The Morgan fingerprint density at radius 3 is 2.76 bits per heavy atom. The number of benzene rings is 1. The van der Waals surface area contributed by atoms with Gasteiger partial charge in [0.05, 0.1) is 0 Å². The number of nitrogens with one attached hydrogen (secondary N) is 1. The summed E-state index contributed by atoms with van der Waals surface area (Å²) in [6, 6.07) is 5.81. The van der Waals surface area contributed by atoms with Crippen molar-refractivity contribution in [3.8, 4) is 11.5 Å². The first-order valence-electron chi connectivity index (χ1n) is 6.89. The SMILES string of the molecule is CC(=CCc1ccc2c(c1)OCO2)NC(=O)OC(C)(C)C. The third-order valence-corrected chi connectivity index (χ3v) is 2.78. The topological polar surface area (TPSA) is 56.8 Å². The maximum absolute atomic E-state index is 11.6. The maximum atomic E-state index is 11.6. The van der Waals surface area contributed by atoms with Gasteiger partial charge in [-0.2, -0.15) is 0 Å². The molecule has 0 atom stereocenters. The molecule has 0 radical (unpaired) electrons. The van der Waals surface area contributed by atoms with Crippen molar-refractivity contribution in [1.29, 1.82) is 0 Å². The molecule has 2 rings (SSSR count). The highest BCUT2D eigenvalue weighted by molar-refractivity contribution is 5.69. The molecule has 1 heterocycles. The second-order valence-electron chi connectivity index (χ2n) is 5.91. The molecule has 0 fully saturated rings. The van der Waals surface area contributed by atoms with Gasteiger partial charge in [-0.25, -0.2) is 4.79 Å². The van der Waals surface area contributed by atoms with E-state index in [1.54, 1.807) is 0 Å². The van der Waals surface area contributed by atoms with E-state index in [-0.39, 0.29) is 6.79 Å². The monoisotopic (exact) mass is 291 g/mol. The summed E-state index contributed by atoms with van der Waals surface area (Å²) in [5.41, 5.74) is 1.34. The standard InChI is InChI=1S/C16H21NO4/c1-11(17-15(18)21-16(2,3)4)5-6-12-7-8-13-14(9-12)20-10-19-13/h5,7-9H,6,10H2,1-4H3,(H,17,18). The van der Waals surface area contributed by atoms with Crippen LogP contribution in [0.5, 0.6) is 11.5 Å². The van der Waals surface area contributed by atoms with Crippen LogP contribution in [-0.2, 0) is 11.2 Å². The summed E-state index contributed by atoms with van der Waals surface area (Å²) in [6.07, 6.45) is 2.18. The van der Waals surface area contributed by atoms with E-state index in [9.17, 15) is 4.79 Å². The number of rotatable bonds is 3. The van der Waals surface area contributed by atoms with E-state index in [4.69, 9.17) is 14.2 Å². The molecule has 5 nitrogen and oxygen atoms in total. The van der Waals surface area contributed by atoms with E-state index in [1.807, 2.05) is 52.0 Å². The fraction of sp³-hybridized carbons (Fsp3) is 0.438. The maximum Gasteiger partial charge on any atom is 0.411 e. The number of carbonyl (C=O) groups excluding carboxylic acids is 1. The number of hydrogen-bond acceptors (Lipinski definition) is 4. The third kappa shape index (κ3) is 4.70. The van der Waals surface area contributed by atoms with Crippen molar-refractivity contribution in [2.75, 3.05) is 6.79 Å². The van der Waals surface area contributed by atoms with Crippen LogP contribution in [0.2, 0.25) is 0 Å². The van der Waals surface area contributed by atoms with E-state index in [0.717, 1.165) is 22.8 Å². The number of hydrogen-bond donors (Lipinski definition) is 1. The first-order valence-corrected chi connectivity index (χ1v) is 6.89. The Morgan fingerprint density at radius 1 is 1.33 bits per heavy atom. The van der Waals surface area contributed by atoms with E-state index in [1.165, 1.54) is 0 Å². The number of fused-ring (bicyclic) bond motifs is 1. The van der Waals surface area contributed by atoms with Crippen LogP contribution in [0.3, 0.4) is 0 Å². The highest BCUT2D eigenvalue weighted by Crippen LogP contribution is 2.32. The lowest BCUT2D eigenvalue weighted by atomic mass is 10.1. The lowest BCUT2D eigenvalue weighted by Gasteiger charge is -2.19. The Labute approximate surface area is 124 Å². The largest absolute Gasteiger partial charge is 0.454 e. The van der Waals surface area contributed by atoms with Crippen molar-refractivity contribution in [1.82, 2.24) is 5.32 Å². The summed E-state index contributed by atoms with van der Waals surface area (Å²) in [7, 11) is 0. The van der Waals surface area contributed by atoms with Crippen molar-refractivity contribution in [2.24, 2.45) is 0 Å². The molecule has 1 aliphatic rings. The first kappa shape index (κ1) is 15.2. The van der Waals surface area contributed by atoms with Crippen LogP contribution in [0.25, 0.3) is 0 Å². The lowest BCUT2D eigenvalue weighted by molar-refractivity contribution is 0.0546. The molecule has 1 aromatic carbocycles. The van der Waals surface area contributed by atoms with Gasteiger partial charge < -0.3 is 14.2 Å². The summed E-state index contributed by atoms with van der Waals surface area (Å²) in [5, 5.41) is 2.70. The molecular formula is C16H21NO4. The highest BCUT2D eigenvalue weighted by Gasteiger charge is 2.16. The quantitative estimate of drug-likeness (QED) is 0.927. The van der Waals surface area contributed by atoms with Crippen molar-refractivity contribution in [2.45, 2.75) is 39.7 Å². The molecule has 0 unspecified atom stereocenters. The summed E-state index contributed by atoms with van der Waals surface area (Å²) in [4.78, 5) is 11.6. The van der Waals surface area contributed by atoms with Gasteiger partial charge in [-0.15, -0.1) is 0 Å².